The van der Waals surface area contributed by atoms with Gasteiger partial charge in [0.25, 0.3) is 5.91 Å². The Bertz CT molecular complexity index is 805. The minimum atomic E-state index is -5.17. The molecule has 132 valence electrons. The Kier molecular flexibility index (Phi) is 5.20. The van der Waals surface area contributed by atoms with Gasteiger partial charge in [0.1, 0.15) is 0 Å². The van der Waals surface area contributed by atoms with Crippen molar-refractivity contribution >= 4 is 29.0 Å². The van der Waals surface area contributed by atoms with Crippen LogP contribution in [0.2, 0.25) is 5.02 Å². The van der Waals surface area contributed by atoms with Crippen molar-refractivity contribution in [2.75, 3.05) is 5.32 Å². The fraction of sp³-hybridized carbons (Fsp3) is 0.176. The lowest BCUT2D eigenvalue weighted by molar-refractivity contribution is -0.242. The first-order valence-electron chi connectivity index (χ1n) is 7.04. The molecule has 1 unspecified atom stereocenters. The maximum atomic E-state index is 12.7. The number of hydrogen-bond donors (Lipinski definition) is 2. The van der Waals surface area contributed by atoms with Gasteiger partial charge in [0.2, 0.25) is 5.60 Å². The number of aliphatic hydroxyl groups is 1. The first-order valence-corrected chi connectivity index (χ1v) is 7.42. The Balaban J connectivity index is 2.33. The van der Waals surface area contributed by atoms with Crippen molar-refractivity contribution in [1.29, 1.82) is 0 Å². The first kappa shape index (κ1) is 19.0. The second kappa shape index (κ2) is 6.85. The van der Waals surface area contributed by atoms with E-state index in [0.717, 1.165) is 0 Å². The molecular weight excluding hydrogens is 359 g/mol. The number of nitrogens with one attached hydrogen (secondary N) is 1. The summed E-state index contributed by atoms with van der Waals surface area (Å²) in [6.07, 6.45) is -5.17. The van der Waals surface area contributed by atoms with E-state index < -0.39 is 23.5 Å². The average molecular weight is 372 g/mol. The molecular formula is C17H13ClF3NO3. The van der Waals surface area contributed by atoms with Crippen LogP contribution in [-0.2, 0) is 4.79 Å². The summed E-state index contributed by atoms with van der Waals surface area (Å²) in [5, 5.41) is 11.1. The number of carbonyl (C=O) groups is 2. The van der Waals surface area contributed by atoms with Gasteiger partial charge >= 0.3 is 6.18 Å². The van der Waals surface area contributed by atoms with E-state index in [-0.39, 0.29) is 16.3 Å². The van der Waals surface area contributed by atoms with E-state index in [1.165, 1.54) is 18.2 Å². The molecule has 25 heavy (non-hydrogen) atoms. The molecule has 2 aromatic carbocycles. The summed E-state index contributed by atoms with van der Waals surface area (Å²) in [4.78, 5) is 24.2. The second-order valence-electron chi connectivity index (χ2n) is 5.39. The van der Waals surface area contributed by atoms with E-state index in [2.05, 4.69) is 0 Å². The predicted molar refractivity (Wildman–Crippen MR) is 86.6 cm³/mol. The van der Waals surface area contributed by atoms with Crippen molar-refractivity contribution < 1.29 is 27.9 Å². The fourth-order valence-corrected chi connectivity index (χ4v) is 2.18. The fourth-order valence-electron chi connectivity index (χ4n) is 1.92. The highest BCUT2D eigenvalue weighted by Crippen LogP contribution is 2.33. The molecule has 0 aliphatic heterocycles. The van der Waals surface area contributed by atoms with E-state index in [0.29, 0.717) is 12.5 Å². The lowest BCUT2D eigenvalue weighted by Gasteiger charge is -2.25. The van der Waals surface area contributed by atoms with Gasteiger partial charge in [-0.2, -0.15) is 13.2 Å². The van der Waals surface area contributed by atoms with E-state index in [9.17, 15) is 27.9 Å². The number of alkyl halides is 3. The third-order valence-corrected chi connectivity index (χ3v) is 3.93. The topological polar surface area (TPSA) is 66.4 Å². The molecule has 2 rings (SSSR count). The number of carbonyl (C=O) groups excluding carboxylic acids is 2. The van der Waals surface area contributed by atoms with Gasteiger partial charge < -0.3 is 10.4 Å². The highest BCUT2D eigenvalue weighted by atomic mass is 35.5. The summed E-state index contributed by atoms with van der Waals surface area (Å²) < 4.78 is 38.2. The molecule has 0 aromatic heterocycles. The molecule has 0 saturated carbocycles. The maximum Gasteiger partial charge on any atom is 0.426 e. The zero-order valence-electron chi connectivity index (χ0n) is 12.9. The van der Waals surface area contributed by atoms with Gasteiger partial charge in [0.15, 0.2) is 5.78 Å². The summed E-state index contributed by atoms with van der Waals surface area (Å²) >= 11 is 6.06. The Morgan fingerprint density at radius 3 is 2.20 bits per heavy atom. The zero-order valence-corrected chi connectivity index (χ0v) is 13.7. The SMILES string of the molecule is CC(O)(C(=O)Nc1cccc(C(=O)c2ccccc2)c1Cl)C(F)(F)F. The molecule has 0 spiro atoms. The number of ketones is 1. The van der Waals surface area contributed by atoms with Crippen molar-refractivity contribution in [1.82, 2.24) is 0 Å². The van der Waals surface area contributed by atoms with Gasteiger partial charge in [-0.05, 0) is 19.1 Å². The third-order valence-electron chi connectivity index (χ3n) is 3.52. The molecule has 2 aromatic rings. The molecule has 0 fully saturated rings. The second-order valence-corrected chi connectivity index (χ2v) is 5.76. The summed E-state index contributed by atoms with van der Waals surface area (Å²) in [5.41, 5.74) is -3.47. The lowest BCUT2D eigenvalue weighted by atomic mass is 10.0. The molecule has 0 bridgehead atoms. The Labute approximate surface area is 146 Å². The number of anilines is 1. The van der Waals surface area contributed by atoms with Crippen LogP contribution in [-0.4, -0.2) is 28.6 Å². The quantitative estimate of drug-likeness (QED) is 0.803. The number of benzene rings is 2. The maximum absolute atomic E-state index is 12.7. The number of rotatable bonds is 4. The molecule has 1 amide bonds. The minimum absolute atomic E-state index is 0.0114. The van der Waals surface area contributed by atoms with Crippen molar-refractivity contribution in [3.05, 3.63) is 64.7 Å². The molecule has 1 atom stereocenters. The van der Waals surface area contributed by atoms with Crippen molar-refractivity contribution in [3.63, 3.8) is 0 Å². The first-order chi connectivity index (χ1) is 11.6. The molecule has 0 saturated heterocycles. The van der Waals surface area contributed by atoms with Crippen LogP contribution >= 0.6 is 11.6 Å². The third kappa shape index (κ3) is 3.83. The van der Waals surface area contributed by atoms with Crippen molar-refractivity contribution in [2.45, 2.75) is 18.7 Å². The molecule has 0 heterocycles. The van der Waals surface area contributed by atoms with Crippen LogP contribution in [0, 0.1) is 0 Å². The Hall–Kier alpha value is -2.38. The van der Waals surface area contributed by atoms with Crippen LogP contribution in [0.4, 0.5) is 18.9 Å². The van der Waals surface area contributed by atoms with E-state index in [1.54, 1.807) is 30.3 Å². The smallest absolute Gasteiger partial charge is 0.373 e. The molecule has 0 aliphatic rings. The van der Waals surface area contributed by atoms with Gasteiger partial charge in [-0.25, -0.2) is 0 Å². The monoisotopic (exact) mass is 371 g/mol. The highest BCUT2D eigenvalue weighted by Gasteiger charge is 2.55. The number of amides is 1. The Morgan fingerprint density at radius 1 is 1.04 bits per heavy atom. The molecule has 8 heteroatoms. The standard InChI is InChI=1S/C17H13ClF3NO3/c1-16(25,17(19,20)21)15(24)22-12-9-5-8-11(13(12)18)14(23)10-6-3-2-4-7-10/h2-9,25H,1H3,(H,22,24). The van der Waals surface area contributed by atoms with E-state index in [1.807, 2.05) is 5.32 Å². The lowest BCUT2D eigenvalue weighted by Crippen LogP contribution is -2.52. The molecule has 2 N–H and O–H groups in total. The van der Waals surface area contributed by atoms with Crippen molar-refractivity contribution in [3.8, 4) is 0 Å². The van der Waals surface area contributed by atoms with Gasteiger partial charge in [-0.15, -0.1) is 0 Å². The number of halogens is 4. The van der Waals surface area contributed by atoms with Crippen LogP contribution in [0.3, 0.4) is 0 Å². The normalized spacial score (nSPS) is 13.8. The van der Waals surface area contributed by atoms with Crippen LogP contribution in [0.5, 0.6) is 0 Å². The minimum Gasteiger partial charge on any atom is -0.373 e. The summed E-state index contributed by atoms with van der Waals surface area (Å²) in [6, 6.07) is 12.1. The van der Waals surface area contributed by atoms with Gasteiger partial charge in [0.05, 0.1) is 10.7 Å². The molecule has 4 nitrogen and oxygen atoms in total. The summed E-state index contributed by atoms with van der Waals surface area (Å²) in [5.74, 6) is -2.16. The molecule has 0 aliphatic carbocycles. The zero-order chi connectivity index (χ0) is 18.8. The predicted octanol–water partition coefficient (Wildman–Crippen LogP) is 3.82. The van der Waals surface area contributed by atoms with Crippen LogP contribution < -0.4 is 5.32 Å². The van der Waals surface area contributed by atoms with Crippen LogP contribution in [0.15, 0.2) is 48.5 Å². The summed E-state index contributed by atoms with van der Waals surface area (Å²) in [6.45, 7) is 0.329. The molecule has 0 radical (unpaired) electrons. The van der Waals surface area contributed by atoms with E-state index in [4.69, 9.17) is 11.6 Å². The van der Waals surface area contributed by atoms with E-state index >= 15 is 0 Å². The average Bonchev–Trinajstić information content (AvgIpc) is 2.55. The summed E-state index contributed by atoms with van der Waals surface area (Å²) in [7, 11) is 0. The van der Waals surface area contributed by atoms with Crippen molar-refractivity contribution in [2.24, 2.45) is 0 Å². The Morgan fingerprint density at radius 2 is 1.64 bits per heavy atom. The highest BCUT2D eigenvalue weighted by molar-refractivity contribution is 6.38. The number of hydrogen-bond acceptors (Lipinski definition) is 3. The van der Waals surface area contributed by atoms with Gasteiger partial charge in [-0.3, -0.25) is 9.59 Å². The largest absolute Gasteiger partial charge is 0.426 e. The van der Waals surface area contributed by atoms with Gasteiger partial charge in [0, 0.05) is 11.1 Å². The van der Waals surface area contributed by atoms with Crippen LogP contribution in [0.25, 0.3) is 0 Å². The van der Waals surface area contributed by atoms with Gasteiger partial charge in [-0.1, -0.05) is 48.0 Å². The van der Waals surface area contributed by atoms with Crippen LogP contribution in [0.1, 0.15) is 22.8 Å².